The van der Waals surface area contributed by atoms with Gasteiger partial charge in [0.15, 0.2) is 0 Å². The number of carbonyl (C=O) groups is 1. The lowest BCUT2D eigenvalue weighted by Crippen LogP contribution is -2.27. The molecule has 0 fully saturated rings. The van der Waals surface area contributed by atoms with Gasteiger partial charge in [0.25, 0.3) is 0 Å². The molecule has 0 bridgehead atoms. The number of carbonyl (C=O) groups excluding carboxylic acids is 1. The van der Waals surface area contributed by atoms with Gasteiger partial charge in [0.2, 0.25) is 5.88 Å². The third kappa shape index (κ3) is 4.85. The van der Waals surface area contributed by atoms with Crippen LogP contribution in [-0.2, 0) is 27.2 Å². The number of pyridine rings is 1. The van der Waals surface area contributed by atoms with E-state index in [1.165, 1.54) is 43.1 Å². The number of rotatable bonds is 5. The van der Waals surface area contributed by atoms with Gasteiger partial charge in [-0.1, -0.05) is 23.9 Å². The molecule has 10 heteroatoms. The highest BCUT2D eigenvalue weighted by atomic mass is 32.2. The number of hydrogen-bond acceptors (Lipinski definition) is 9. The van der Waals surface area contributed by atoms with Crippen molar-refractivity contribution in [3.63, 3.8) is 0 Å². The van der Waals surface area contributed by atoms with Gasteiger partial charge in [-0.05, 0) is 36.4 Å². The molecule has 35 heavy (non-hydrogen) atoms. The van der Waals surface area contributed by atoms with E-state index in [4.69, 9.17) is 20.2 Å². The first-order chi connectivity index (χ1) is 16.9. The van der Waals surface area contributed by atoms with Crippen LogP contribution >= 0.6 is 11.8 Å². The van der Waals surface area contributed by atoms with Crippen LogP contribution in [0.25, 0.3) is 0 Å². The molecule has 0 saturated heterocycles. The van der Waals surface area contributed by atoms with Crippen LogP contribution in [0.2, 0.25) is 0 Å². The molecule has 0 unspecified atom stereocenters. The normalized spacial score (nSPS) is 17.8. The number of esters is 1. The Balaban J connectivity index is 1.73. The molecule has 1 atom stereocenters. The van der Waals surface area contributed by atoms with E-state index in [1.807, 2.05) is 19.2 Å². The largest absolute Gasteiger partial charge is 0.466 e. The lowest BCUT2D eigenvalue weighted by atomic mass is 9.83. The van der Waals surface area contributed by atoms with Gasteiger partial charge in [-0.2, -0.15) is 10.5 Å². The van der Waals surface area contributed by atoms with Crippen LogP contribution in [0.3, 0.4) is 0 Å². The van der Waals surface area contributed by atoms with E-state index in [0.717, 1.165) is 30.8 Å². The second kappa shape index (κ2) is 10.2. The summed E-state index contributed by atoms with van der Waals surface area (Å²) in [5, 5.41) is 20.0. The second-order valence-corrected chi connectivity index (χ2v) is 9.10. The number of aromatic nitrogens is 1. The Bertz CT molecular complexity index is 1320. The molecule has 3 heterocycles. The van der Waals surface area contributed by atoms with E-state index in [1.54, 1.807) is 0 Å². The first-order valence-electron chi connectivity index (χ1n) is 10.7. The first kappa shape index (κ1) is 24.3. The van der Waals surface area contributed by atoms with Crippen LogP contribution in [0.4, 0.5) is 4.39 Å². The number of thioether (sulfide) groups is 1. The van der Waals surface area contributed by atoms with Crippen LogP contribution in [-0.4, -0.2) is 42.3 Å². The van der Waals surface area contributed by atoms with Crippen LogP contribution in [0.15, 0.2) is 58.1 Å². The maximum Gasteiger partial charge on any atom is 0.338 e. The molecule has 178 valence electrons. The fourth-order valence-electron chi connectivity index (χ4n) is 4.17. The molecular formula is C25H22FN5O3S. The van der Waals surface area contributed by atoms with Crippen molar-refractivity contribution in [2.45, 2.75) is 23.9 Å². The molecule has 0 amide bonds. The fraction of sp³-hybridized carbons (Fsp3) is 0.280. The number of nitriles is 2. The Labute approximate surface area is 206 Å². The number of ether oxygens (including phenoxy) is 2. The maximum absolute atomic E-state index is 13.6. The minimum atomic E-state index is -0.889. The molecule has 0 saturated carbocycles. The summed E-state index contributed by atoms with van der Waals surface area (Å²) in [5.41, 5.74) is 9.06. The second-order valence-electron chi connectivity index (χ2n) is 8.14. The van der Waals surface area contributed by atoms with Crippen LogP contribution in [0.1, 0.15) is 28.3 Å². The van der Waals surface area contributed by atoms with Crippen molar-refractivity contribution in [2.24, 2.45) is 5.73 Å². The van der Waals surface area contributed by atoms with Crippen molar-refractivity contribution in [3.8, 4) is 12.1 Å². The fourth-order valence-corrected chi connectivity index (χ4v) is 5.08. The maximum atomic E-state index is 13.6. The Kier molecular flexibility index (Phi) is 7.06. The number of hydrogen-bond donors (Lipinski definition) is 1. The van der Waals surface area contributed by atoms with E-state index < -0.39 is 17.7 Å². The highest BCUT2D eigenvalue weighted by Gasteiger charge is 2.37. The van der Waals surface area contributed by atoms with Crippen molar-refractivity contribution >= 4 is 17.7 Å². The van der Waals surface area contributed by atoms with Crippen molar-refractivity contribution < 1.29 is 18.7 Å². The lowest BCUT2D eigenvalue weighted by molar-refractivity contribution is -0.136. The third-order valence-corrected chi connectivity index (χ3v) is 6.88. The highest BCUT2D eigenvalue weighted by molar-refractivity contribution is 7.99. The van der Waals surface area contributed by atoms with Gasteiger partial charge in [0.05, 0.1) is 29.9 Å². The SMILES string of the molecule is COC(=O)C1=C(CSc2nc3c(cc2C#N)CN(C)CC3)OC(N)=C(C#N)[C@@H]1c1ccc(F)cc1. The molecule has 1 aromatic heterocycles. The van der Waals surface area contributed by atoms with Crippen LogP contribution < -0.4 is 5.73 Å². The summed E-state index contributed by atoms with van der Waals surface area (Å²) >= 11 is 1.24. The van der Waals surface area contributed by atoms with Gasteiger partial charge in [-0.15, -0.1) is 0 Å². The lowest BCUT2D eigenvalue weighted by Gasteiger charge is -2.28. The number of benzene rings is 1. The summed E-state index contributed by atoms with van der Waals surface area (Å²) in [6.45, 7) is 1.59. The quantitative estimate of drug-likeness (QED) is 0.496. The summed E-state index contributed by atoms with van der Waals surface area (Å²) in [6, 6.07) is 11.5. The van der Waals surface area contributed by atoms with Gasteiger partial charge in [0.1, 0.15) is 34.3 Å². The molecule has 1 aromatic carbocycles. The average molecular weight is 492 g/mol. The van der Waals surface area contributed by atoms with E-state index >= 15 is 0 Å². The minimum absolute atomic E-state index is 0.0273. The van der Waals surface area contributed by atoms with Crippen molar-refractivity contribution in [1.82, 2.24) is 9.88 Å². The van der Waals surface area contributed by atoms with Gasteiger partial charge >= 0.3 is 5.97 Å². The predicted molar refractivity (Wildman–Crippen MR) is 126 cm³/mol. The Morgan fingerprint density at radius 3 is 2.74 bits per heavy atom. The molecule has 2 N–H and O–H groups in total. The summed E-state index contributed by atoms with van der Waals surface area (Å²) in [7, 11) is 3.25. The number of allylic oxidation sites excluding steroid dienone is 1. The molecule has 0 radical (unpaired) electrons. The predicted octanol–water partition coefficient (Wildman–Crippen LogP) is 3.11. The smallest absolute Gasteiger partial charge is 0.338 e. The number of methoxy groups -OCH3 is 1. The van der Waals surface area contributed by atoms with E-state index in [-0.39, 0.29) is 28.5 Å². The zero-order chi connectivity index (χ0) is 25.1. The van der Waals surface area contributed by atoms with Crippen molar-refractivity contribution in [1.29, 1.82) is 10.5 Å². The Hall–Kier alpha value is -3.86. The molecule has 0 aliphatic carbocycles. The van der Waals surface area contributed by atoms with Gasteiger partial charge < -0.3 is 20.1 Å². The van der Waals surface area contributed by atoms with E-state index in [0.29, 0.717) is 16.2 Å². The molecule has 2 aliphatic heterocycles. The number of likely N-dealkylation sites (N-methyl/N-ethyl adjacent to an activating group) is 1. The monoisotopic (exact) mass is 491 g/mol. The van der Waals surface area contributed by atoms with Crippen LogP contribution in [0.5, 0.6) is 0 Å². The number of nitrogens with two attached hydrogens (primary N) is 1. The molecule has 2 aromatic rings. The van der Waals surface area contributed by atoms with Gasteiger partial charge in [-0.3, -0.25) is 0 Å². The van der Waals surface area contributed by atoms with Crippen molar-refractivity contribution in [3.05, 3.63) is 81.3 Å². The van der Waals surface area contributed by atoms with Crippen LogP contribution in [0, 0.1) is 28.5 Å². The first-order valence-corrected chi connectivity index (χ1v) is 11.7. The molecular weight excluding hydrogens is 469 g/mol. The number of fused-ring (bicyclic) bond motifs is 1. The molecule has 2 aliphatic rings. The zero-order valence-corrected chi connectivity index (χ0v) is 20.0. The van der Waals surface area contributed by atoms with E-state index in [9.17, 15) is 19.7 Å². The van der Waals surface area contributed by atoms with E-state index in [2.05, 4.69) is 11.0 Å². The summed E-state index contributed by atoms with van der Waals surface area (Å²) < 4.78 is 24.3. The third-order valence-electron chi connectivity index (χ3n) is 5.89. The molecule has 8 nitrogen and oxygen atoms in total. The Morgan fingerprint density at radius 2 is 2.09 bits per heavy atom. The highest BCUT2D eigenvalue weighted by Crippen LogP contribution is 2.41. The summed E-state index contributed by atoms with van der Waals surface area (Å²) in [5.74, 6) is -1.88. The standard InChI is InChI=1S/C25H22FN5O3S/c1-31-8-7-19-16(12-31)9-15(10-27)24(30-19)35-13-20-22(25(32)33-2)21(18(11-28)23(29)34-20)14-3-5-17(26)6-4-14/h3-6,9,21H,7-8,12-13,29H2,1-2H3/t21-/m0/s1. The molecule has 0 spiro atoms. The van der Waals surface area contributed by atoms with Gasteiger partial charge in [0, 0.05) is 25.2 Å². The Morgan fingerprint density at radius 1 is 1.34 bits per heavy atom. The molecule has 4 rings (SSSR count). The summed E-state index contributed by atoms with van der Waals surface area (Å²) in [4.78, 5) is 19.7. The topological polar surface area (TPSA) is 125 Å². The average Bonchev–Trinajstić information content (AvgIpc) is 2.86. The van der Waals surface area contributed by atoms with Crippen molar-refractivity contribution in [2.75, 3.05) is 26.5 Å². The summed E-state index contributed by atoms with van der Waals surface area (Å²) in [6.07, 6.45) is 0.769. The zero-order valence-electron chi connectivity index (χ0n) is 19.2. The number of nitrogens with zero attached hydrogens (tertiary/aromatic N) is 4. The van der Waals surface area contributed by atoms with Gasteiger partial charge in [-0.25, -0.2) is 14.2 Å². The minimum Gasteiger partial charge on any atom is -0.466 e. The number of halogens is 1.